The first kappa shape index (κ1) is 19.4. The van der Waals surface area contributed by atoms with E-state index in [0.717, 1.165) is 0 Å². The highest BCUT2D eigenvalue weighted by atomic mass is 35.5. The van der Waals surface area contributed by atoms with Crippen LogP contribution in [0.2, 0.25) is 0 Å². The van der Waals surface area contributed by atoms with E-state index in [4.69, 9.17) is 0 Å². The Labute approximate surface area is 130 Å². The van der Waals surface area contributed by atoms with Gasteiger partial charge in [0.2, 0.25) is 11.8 Å². The van der Waals surface area contributed by atoms with E-state index in [1.807, 2.05) is 0 Å². The quantitative estimate of drug-likeness (QED) is 0.561. The van der Waals surface area contributed by atoms with Crippen molar-refractivity contribution in [3.63, 3.8) is 0 Å². The number of halogens is 1. The van der Waals surface area contributed by atoms with Crippen molar-refractivity contribution in [3.05, 3.63) is 12.7 Å². The highest BCUT2D eigenvalue weighted by molar-refractivity contribution is 5.85. The van der Waals surface area contributed by atoms with Gasteiger partial charge in [-0.15, -0.1) is 19.0 Å². The third-order valence-electron chi connectivity index (χ3n) is 3.34. The summed E-state index contributed by atoms with van der Waals surface area (Å²) >= 11 is 0. The molecule has 120 valence electrons. The van der Waals surface area contributed by atoms with Crippen molar-refractivity contribution >= 4 is 30.2 Å². The first-order valence-corrected chi connectivity index (χ1v) is 6.50. The van der Waals surface area contributed by atoms with Gasteiger partial charge in [0.15, 0.2) is 0 Å². The molecule has 0 radical (unpaired) electrons. The third kappa shape index (κ3) is 5.73. The Morgan fingerprint density at radius 1 is 1.43 bits per heavy atom. The lowest BCUT2D eigenvalue weighted by Gasteiger charge is -2.26. The number of aliphatic carboxylic acids is 1. The van der Waals surface area contributed by atoms with Gasteiger partial charge >= 0.3 is 5.97 Å². The van der Waals surface area contributed by atoms with Gasteiger partial charge in [-0.25, -0.2) is 0 Å². The molecule has 2 atom stereocenters. The summed E-state index contributed by atoms with van der Waals surface area (Å²) in [5.41, 5.74) is 2.42. The standard InChI is InChI=1S/C13H21N3O4.ClH/c1-4-11-7-12(13(19)20)15(8-11)5-6-16(10(3)18)14-9(2)17;/h4,11-12H,1,5-8H2,2-3H3,(H,14,17)(H,19,20);1H/t11-,12-;/m1./s1. The molecule has 1 rings (SSSR count). The van der Waals surface area contributed by atoms with E-state index in [2.05, 4.69) is 12.0 Å². The minimum absolute atomic E-state index is 0. The molecular formula is C13H22ClN3O4. The fraction of sp³-hybridized carbons (Fsp3) is 0.615. The van der Waals surface area contributed by atoms with Crippen LogP contribution in [0.3, 0.4) is 0 Å². The fourth-order valence-corrected chi connectivity index (χ4v) is 2.32. The van der Waals surface area contributed by atoms with Crippen LogP contribution in [0.5, 0.6) is 0 Å². The largest absolute Gasteiger partial charge is 0.480 e. The van der Waals surface area contributed by atoms with Gasteiger partial charge in [-0.2, -0.15) is 0 Å². The zero-order valence-electron chi connectivity index (χ0n) is 12.2. The zero-order chi connectivity index (χ0) is 15.3. The van der Waals surface area contributed by atoms with Crippen molar-refractivity contribution in [1.82, 2.24) is 15.3 Å². The SMILES string of the molecule is C=C[C@@H]1C[C@H](C(=O)O)N(CCN(NC(C)=O)C(C)=O)C1.Cl. The fourth-order valence-electron chi connectivity index (χ4n) is 2.32. The molecule has 0 aromatic rings. The molecule has 0 bridgehead atoms. The Kier molecular flexibility index (Phi) is 7.98. The number of nitrogens with one attached hydrogen (secondary N) is 1. The van der Waals surface area contributed by atoms with Gasteiger partial charge in [0.1, 0.15) is 6.04 Å². The summed E-state index contributed by atoms with van der Waals surface area (Å²) < 4.78 is 0. The number of hydrogen-bond acceptors (Lipinski definition) is 4. The maximum Gasteiger partial charge on any atom is 0.320 e. The van der Waals surface area contributed by atoms with Crippen LogP contribution in [0.4, 0.5) is 0 Å². The van der Waals surface area contributed by atoms with Gasteiger partial charge in [0.25, 0.3) is 0 Å². The maximum absolute atomic E-state index is 11.4. The Morgan fingerprint density at radius 2 is 2.05 bits per heavy atom. The van der Waals surface area contributed by atoms with Gasteiger partial charge in [-0.3, -0.25) is 29.7 Å². The topological polar surface area (TPSA) is 89.9 Å². The second-order valence-corrected chi connectivity index (χ2v) is 4.92. The van der Waals surface area contributed by atoms with Crippen molar-refractivity contribution in [3.8, 4) is 0 Å². The number of hydrazine groups is 1. The van der Waals surface area contributed by atoms with Gasteiger partial charge in [0, 0.05) is 26.9 Å². The second kappa shape index (κ2) is 8.63. The van der Waals surface area contributed by atoms with Crippen LogP contribution in [0, 0.1) is 5.92 Å². The number of rotatable bonds is 5. The Hall–Kier alpha value is -1.60. The summed E-state index contributed by atoms with van der Waals surface area (Å²) in [6.07, 6.45) is 2.28. The smallest absolute Gasteiger partial charge is 0.320 e. The van der Waals surface area contributed by atoms with E-state index in [1.54, 1.807) is 11.0 Å². The van der Waals surface area contributed by atoms with Crippen molar-refractivity contribution in [2.75, 3.05) is 19.6 Å². The van der Waals surface area contributed by atoms with E-state index in [0.29, 0.717) is 19.5 Å². The minimum atomic E-state index is -0.872. The molecule has 2 amide bonds. The lowest BCUT2D eigenvalue weighted by Crippen LogP contribution is -2.49. The molecular weight excluding hydrogens is 298 g/mol. The molecule has 1 fully saturated rings. The van der Waals surface area contributed by atoms with Crippen molar-refractivity contribution < 1.29 is 19.5 Å². The van der Waals surface area contributed by atoms with Crippen LogP contribution in [-0.2, 0) is 14.4 Å². The molecule has 1 aliphatic rings. The Balaban J connectivity index is 0.00000400. The number of carbonyl (C=O) groups is 3. The molecule has 1 aliphatic heterocycles. The van der Waals surface area contributed by atoms with Gasteiger partial charge < -0.3 is 5.11 Å². The molecule has 0 aliphatic carbocycles. The summed E-state index contributed by atoms with van der Waals surface area (Å²) in [6.45, 7) is 7.61. The number of amides is 2. The summed E-state index contributed by atoms with van der Waals surface area (Å²) in [4.78, 5) is 35.4. The zero-order valence-corrected chi connectivity index (χ0v) is 13.1. The number of carboxylic acid groups (broad SMARTS) is 1. The molecule has 0 spiro atoms. The molecule has 21 heavy (non-hydrogen) atoms. The highest BCUT2D eigenvalue weighted by Gasteiger charge is 2.35. The highest BCUT2D eigenvalue weighted by Crippen LogP contribution is 2.23. The average Bonchev–Trinajstić information content (AvgIpc) is 2.77. The summed E-state index contributed by atoms with van der Waals surface area (Å²) in [7, 11) is 0. The molecule has 1 saturated heterocycles. The molecule has 1 heterocycles. The molecule has 0 aromatic carbocycles. The normalized spacial score (nSPS) is 21.2. The summed E-state index contributed by atoms with van der Waals surface area (Å²) in [5, 5.41) is 10.4. The second-order valence-electron chi connectivity index (χ2n) is 4.92. The van der Waals surface area contributed by atoms with Crippen molar-refractivity contribution in [2.24, 2.45) is 5.92 Å². The molecule has 8 heteroatoms. The third-order valence-corrected chi connectivity index (χ3v) is 3.34. The summed E-state index contributed by atoms with van der Waals surface area (Å²) in [6, 6.07) is -0.566. The molecule has 0 unspecified atom stereocenters. The molecule has 0 aromatic heterocycles. The average molecular weight is 320 g/mol. The van der Waals surface area contributed by atoms with Gasteiger partial charge in [-0.05, 0) is 12.3 Å². The number of carboxylic acids is 1. The number of hydrogen-bond donors (Lipinski definition) is 2. The molecule has 2 N–H and O–H groups in total. The van der Waals surface area contributed by atoms with E-state index in [1.165, 1.54) is 18.9 Å². The minimum Gasteiger partial charge on any atom is -0.480 e. The lowest BCUT2D eigenvalue weighted by atomic mass is 10.1. The van der Waals surface area contributed by atoms with Crippen LogP contribution in [0.15, 0.2) is 12.7 Å². The van der Waals surface area contributed by atoms with Gasteiger partial charge in [-0.1, -0.05) is 6.08 Å². The van der Waals surface area contributed by atoms with Crippen LogP contribution >= 0.6 is 12.4 Å². The molecule has 7 nitrogen and oxygen atoms in total. The number of nitrogens with zero attached hydrogens (tertiary/aromatic N) is 2. The number of carbonyl (C=O) groups excluding carboxylic acids is 2. The predicted octanol–water partition coefficient (Wildman–Crippen LogP) is 0.269. The summed E-state index contributed by atoms with van der Waals surface area (Å²) in [5.74, 6) is -1.35. The Bertz CT molecular complexity index is 416. The van der Waals surface area contributed by atoms with Gasteiger partial charge in [0.05, 0.1) is 6.54 Å². The van der Waals surface area contributed by atoms with Crippen molar-refractivity contribution in [2.45, 2.75) is 26.3 Å². The monoisotopic (exact) mass is 319 g/mol. The van der Waals surface area contributed by atoms with E-state index >= 15 is 0 Å². The first-order chi connectivity index (χ1) is 9.35. The maximum atomic E-state index is 11.4. The lowest BCUT2D eigenvalue weighted by molar-refractivity contribution is -0.143. The number of likely N-dealkylation sites (tertiary alicyclic amines) is 1. The van der Waals surface area contributed by atoms with Crippen LogP contribution in [0.1, 0.15) is 20.3 Å². The van der Waals surface area contributed by atoms with Crippen LogP contribution < -0.4 is 5.43 Å². The van der Waals surface area contributed by atoms with Crippen molar-refractivity contribution in [1.29, 1.82) is 0 Å². The molecule has 0 saturated carbocycles. The first-order valence-electron chi connectivity index (χ1n) is 6.50. The van der Waals surface area contributed by atoms with Crippen LogP contribution in [-0.4, -0.2) is 58.5 Å². The Morgan fingerprint density at radius 3 is 2.48 bits per heavy atom. The van der Waals surface area contributed by atoms with E-state index in [9.17, 15) is 19.5 Å². The predicted molar refractivity (Wildman–Crippen MR) is 79.8 cm³/mol. The van der Waals surface area contributed by atoms with Crippen LogP contribution in [0.25, 0.3) is 0 Å². The van der Waals surface area contributed by atoms with E-state index in [-0.39, 0.29) is 36.7 Å². The van der Waals surface area contributed by atoms with E-state index < -0.39 is 12.0 Å².